The van der Waals surface area contributed by atoms with Crippen molar-refractivity contribution in [3.63, 3.8) is 0 Å². The van der Waals surface area contributed by atoms with Crippen LogP contribution in [0.4, 0.5) is 0 Å². The van der Waals surface area contributed by atoms with Crippen molar-refractivity contribution in [3.8, 4) is 0 Å². The largest absolute Gasteiger partial charge is 0.376 e. The van der Waals surface area contributed by atoms with E-state index in [-0.39, 0.29) is 29.8 Å². The Balaban J connectivity index is 1.65. The molecule has 2 amide bonds. The Hall–Kier alpha value is -1.36. The molecule has 0 aromatic carbocycles. The second-order valence-electron chi connectivity index (χ2n) is 4.86. The quantitative estimate of drug-likeness (QED) is 0.665. The summed E-state index contributed by atoms with van der Waals surface area (Å²) in [6, 6.07) is 0. The predicted octanol–water partition coefficient (Wildman–Crippen LogP) is 0.220. The highest BCUT2D eigenvalue weighted by Gasteiger charge is 2.47. The molecule has 1 heterocycles. The number of amides is 2. The lowest BCUT2D eigenvalue weighted by Gasteiger charge is -2.10. The van der Waals surface area contributed by atoms with Gasteiger partial charge < -0.3 is 15.4 Å². The van der Waals surface area contributed by atoms with Crippen molar-refractivity contribution < 1.29 is 14.3 Å². The van der Waals surface area contributed by atoms with Gasteiger partial charge in [0, 0.05) is 19.7 Å². The second-order valence-corrected chi connectivity index (χ2v) is 4.86. The first-order chi connectivity index (χ1) is 8.72. The van der Waals surface area contributed by atoms with Gasteiger partial charge in [0.1, 0.15) is 0 Å². The minimum atomic E-state index is -0.158. The van der Waals surface area contributed by atoms with Gasteiger partial charge in [-0.25, -0.2) is 0 Å². The van der Waals surface area contributed by atoms with Crippen molar-refractivity contribution >= 4 is 11.8 Å². The number of carbonyl (C=O) groups is 2. The monoisotopic (exact) mass is 252 g/mol. The number of hydrogen-bond acceptors (Lipinski definition) is 3. The van der Waals surface area contributed by atoms with E-state index in [1.807, 2.05) is 0 Å². The third kappa shape index (κ3) is 3.32. The van der Waals surface area contributed by atoms with Crippen molar-refractivity contribution in [2.24, 2.45) is 11.8 Å². The summed E-state index contributed by atoms with van der Waals surface area (Å²) >= 11 is 0. The topological polar surface area (TPSA) is 67.4 Å². The molecule has 0 aromatic rings. The van der Waals surface area contributed by atoms with Crippen LogP contribution >= 0.6 is 0 Å². The molecule has 0 aromatic heterocycles. The molecule has 0 spiro atoms. The molecule has 2 fully saturated rings. The highest BCUT2D eigenvalue weighted by atomic mass is 16.5. The fraction of sp³-hybridized carbons (Fsp3) is 0.692. The van der Waals surface area contributed by atoms with Gasteiger partial charge in [-0.1, -0.05) is 6.08 Å². The van der Waals surface area contributed by atoms with E-state index in [0.29, 0.717) is 19.5 Å². The lowest BCUT2D eigenvalue weighted by Crippen LogP contribution is -2.34. The van der Waals surface area contributed by atoms with Crippen LogP contribution in [-0.2, 0) is 14.3 Å². The SMILES string of the molecule is C=CCNC(=O)C1CC1C(=O)NCC1CCCO1. The lowest BCUT2D eigenvalue weighted by molar-refractivity contribution is -0.127. The van der Waals surface area contributed by atoms with E-state index in [1.54, 1.807) is 6.08 Å². The molecular formula is C13H20N2O3. The molecule has 2 N–H and O–H groups in total. The van der Waals surface area contributed by atoms with E-state index < -0.39 is 0 Å². The molecule has 1 aliphatic carbocycles. The highest BCUT2D eigenvalue weighted by molar-refractivity contribution is 5.92. The third-order valence-corrected chi connectivity index (χ3v) is 3.41. The first-order valence-corrected chi connectivity index (χ1v) is 6.50. The Morgan fingerprint density at radius 2 is 2.00 bits per heavy atom. The average molecular weight is 252 g/mol. The van der Waals surface area contributed by atoms with Gasteiger partial charge in [0.05, 0.1) is 17.9 Å². The Morgan fingerprint density at radius 3 is 2.61 bits per heavy atom. The van der Waals surface area contributed by atoms with Crippen LogP contribution in [0.5, 0.6) is 0 Å². The molecule has 1 saturated heterocycles. The molecule has 0 bridgehead atoms. The number of hydrogen-bond donors (Lipinski definition) is 2. The van der Waals surface area contributed by atoms with Crippen LogP contribution < -0.4 is 10.6 Å². The molecule has 2 rings (SSSR count). The predicted molar refractivity (Wildman–Crippen MR) is 66.8 cm³/mol. The highest BCUT2D eigenvalue weighted by Crippen LogP contribution is 2.38. The summed E-state index contributed by atoms with van der Waals surface area (Å²) in [5.74, 6) is -0.387. The number of ether oxygens (including phenoxy) is 1. The minimum absolute atomic E-state index is 0.0238. The van der Waals surface area contributed by atoms with Gasteiger partial charge in [-0.05, 0) is 19.3 Å². The van der Waals surface area contributed by atoms with Crippen molar-refractivity contribution in [3.05, 3.63) is 12.7 Å². The molecule has 1 aliphatic heterocycles. The van der Waals surface area contributed by atoms with E-state index in [4.69, 9.17) is 4.74 Å². The van der Waals surface area contributed by atoms with Gasteiger partial charge >= 0.3 is 0 Å². The summed E-state index contributed by atoms with van der Waals surface area (Å²) in [5.41, 5.74) is 0. The molecule has 3 atom stereocenters. The van der Waals surface area contributed by atoms with Crippen LogP contribution in [0.1, 0.15) is 19.3 Å². The molecule has 5 nitrogen and oxygen atoms in total. The van der Waals surface area contributed by atoms with E-state index in [1.165, 1.54) is 0 Å². The summed E-state index contributed by atoms with van der Waals surface area (Å²) in [5, 5.41) is 5.58. The summed E-state index contributed by atoms with van der Waals surface area (Å²) in [7, 11) is 0. The van der Waals surface area contributed by atoms with E-state index >= 15 is 0 Å². The van der Waals surface area contributed by atoms with Gasteiger partial charge in [0.25, 0.3) is 0 Å². The first kappa shape index (κ1) is 13.1. The average Bonchev–Trinajstić information content (AvgIpc) is 3.01. The van der Waals surface area contributed by atoms with E-state index in [0.717, 1.165) is 19.4 Å². The smallest absolute Gasteiger partial charge is 0.224 e. The molecule has 2 aliphatic rings. The maximum Gasteiger partial charge on any atom is 0.224 e. The summed E-state index contributed by atoms with van der Waals surface area (Å²) in [4.78, 5) is 23.4. The maximum atomic E-state index is 11.8. The van der Waals surface area contributed by atoms with Crippen molar-refractivity contribution in [2.75, 3.05) is 19.7 Å². The van der Waals surface area contributed by atoms with Gasteiger partial charge in [0.2, 0.25) is 11.8 Å². The fourth-order valence-corrected chi connectivity index (χ4v) is 2.23. The number of rotatable bonds is 6. The molecule has 1 saturated carbocycles. The zero-order valence-corrected chi connectivity index (χ0v) is 10.5. The number of carbonyl (C=O) groups excluding carboxylic acids is 2. The van der Waals surface area contributed by atoms with Crippen molar-refractivity contribution in [1.29, 1.82) is 0 Å². The lowest BCUT2D eigenvalue weighted by atomic mass is 10.2. The third-order valence-electron chi connectivity index (χ3n) is 3.41. The van der Waals surface area contributed by atoms with Gasteiger partial charge in [0.15, 0.2) is 0 Å². The standard InChI is InChI=1S/C13H20N2O3/c1-2-5-14-12(16)10-7-11(10)13(17)15-8-9-4-3-6-18-9/h2,9-11H,1,3-8H2,(H,14,16)(H,15,17). The molecule has 18 heavy (non-hydrogen) atoms. The van der Waals surface area contributed by atoms with Crippen molar-refractivity contribution in [1.82, 2.24) is 10.6 Å². The molecule has 100 valence electrons. The zero-order chi connectivity index (χ0) is 13.0. The van der Waals surface area contributed by atoms with Crippen molar-refractivity contribution in [2.45, 2.75) is 25.4 Å². The Labute approximate surface area is 107 Å². The van der Waals surface area contributed by atoms with Crippen LogP contribution in [0, 0.1) is 11.8 Å². The van der Waals surface area contributed by atoms with Crippen LogP contribution in [0.15, 0.2) is 12.7 Å². The molecule has 0 radical (unpaired) electrons. The molecule has 3 unspecified atom stereocenters. The molecular weight excluding hydrogens is 232 g/mol. The summed E-state index contributed by atoms with van der Waals surface area (Å²) in [6.45, 7) is 5.34. The van der Waals surface area contributed by atoms with Crippen LogP contribution in [0.3, 0.4) is 0 Å². The van der Waals surface area contributed by atoms with Gasteiger partial charge in [-0.15, -0.1) is 6.58 Å². The Morgan fingerprint density at radius 1 is 1.28 bits per heavy atom. The van der Waals surface area contributed by atoms with E-state index in [9.17, 15) is 9.59 Å². The summed E-state index contributed by atoms with van der Waals surface area (Å²) in [6.07, 6.45) is 4.51. The summed E-state index contributed by atoms with van der Waals surface area (Å²) < 4.78 is 5.43. The fourth-order valence-electron chi connectivity index (χ4n) is 2.23. The van der Waals surface area contributed by atoms with Crippen LogP contribution in [0.2, 0.25) is 0 Å². The Kier molecular flexibility index (Phi) is 4.36. The van der Waals surface area contributed by atoms with Gasteiger partial charge in [-0.2, -0.15) is 0 Å². The van der Waals surface area contributed by atoms with Gasteiger partial charge in [-0.3, -0.25) is 9.59 Å². The minimum Gasteiger partial charge on any atom is -0.376 e. The van der Waals surface area contributed by atoms with E-state index in [2.05, 4.69) is 17.2 Å². The molecule has 5 heteroatoms. The Bertz CT molecular complexity index is 337. The first-order valence-electron chi connectivity index (χ1n) is 6.50. The maximum absolute atomic E-state index is 11.8. The van der Waals surface area contributed by atoms with Crippen LogP contribution in [-0.4, -0.2) is 37.6 Å². The number of nitrogens with one attached hydrogen (secondary N) is 2. The second kappa shape index (κ2) is 6.00. The normalized spacial score (nSPS) is 29.7. The van der Waals surface area contributed by atoms with Crippen LogP contribution in [0.25, 0.3) is 0 Å². The zero-order valence-electron chi connectivity index (χ0n) is 10.5.